The number of carbonyl (C=O) groups excluding carboxylic acids is 1. The second kappa shape index (κ2) is 5.74. The molecule has 0 unspecified atom stereocenters. The van der Waals surface area contributed by atoms with Gasteiger partial charge in [-0.1, -0.05) is 0 Å². The number of aromatic hydroxyl groups is 1. The summed E-state index contributed by atoms with van der Waals surface area (Å²) in [5, 5.41) is 12.4. The molecular formula is C12H15BrClNO2. The van der Waals surface area contributed by atoms with E-state index in [1.807, 2.05) is 13.8 Å². The van der Waals surface area contributed by atoms with E-state index in [4.69, 9.17) is 11.6 Å². The van der Waals surface area contributed by atoms with Crippen LogP contribution in [0, 0.1) is 0 Å². The number of phenols is 1. The lowest BCUT2D eigenvalue weighted by Gasteiger charge is -2.25. The number of hydrogen-bond donors (Lipinski definition) is 2. The van der Waals surface area contributed by atoms with Crippen molar-refractivity contribution in [2.75, 3.05) is 5.88 Å². The molecule has 1 amide bonds. The van der Waals surface area contributed by atoms with Gasteiger partial charge in [0.05, 0.1) is 4.47 Å². The van der Waals surface area contributed by atoms with Crippen LogP contribution >= 0.6 is 27.5 Å². The molecule has 0 aliphatic rings. The van der Waals surface area contributed by atoms with Crippen LogP contribution in [0.15, 0.2) is 22.7 Å². The third kappa shape index (κ3) is 4.21. The first-order valence-electron chi connectivity index (χ1n) is 5.23. The van der Waals surface area contributed by atoms with E-state index in [0.717, 1.165) is 0 Å². The normalized spacial score (nSPS) is 11.3. The van der Waals surface area contributed by atoms with Gasteiger partial charge in [0.1, 0.15) is 5.75 Å². The summed E-state index contributed by atoms with van der Waals surface area (Å²) < 4.78 is 0.564. The predicted octanol–water partition coefficient (Wildman–Crippen LogP) is 3.29. The van der Waals surface area contributed by atoms with Gasteiger partial charge in [0.25, 0.3) is 5.91 Å². The van der Waals surface area contributed by atoms with E-state index < -0.39 is 0 Å². The maximum Gasteiger partial charge on any atom is 0.251 e. The van der Waals surface area contributed by atoms with Crippen LogP contribution in [-0.4, -0.2) is 22.4 Å². The van der Waals surface area contributed by atoms with Gasteiger partial charge >= 0.3 is 0 Å². The fraction of sp³-hybridized carbons (Fsp3) is 0.417. The fourth-order valence-electron chi connectivity index (χ4n) is 1.33. The number of amides is 1. The summed E-state index contributed by atoms with van der Waals surface area (Å²) in [5.74, 6) is 0.314. The zero-order valence-electron chi connectivity index (χ0n) is 9.76. The molecule has 1 aromatic rings. The average molecular weight is 321 g/mol. The first-order valence-corrected chi connectivity index (χ1v) is 6.55. The first kappa shape index (κ1) is 14.3. The van der Waals surface area contributed by atoms with E-state index in [-0.39, 0.29) is 17.2 Å². The molecule has 0 aliphatic heterocycles. The van der Waals surface area contributed by atoms with Crippen molar-refractivity contribution in [2.45, 2.75) is 25.8 Å². The molecule has 3 nitrogen and oxygen atoms in total. The van der Waals surface area contributed by atoms with Crippen LogP contribution < -0.4 is 5.32 Å². The summed E-state index contributed by atoms with van der Waals surface area (Å²) in [6.45, 7) is 3.82. The highest BCUT2D eigenvalue weighted by Crippen LogP contribution is 2.24. The molecule has 0 aliphatic carbocycles. The number of carbonyl (C=O) groups is 1. The summed E-state index contributed by atoms with van der Waals surface area (Å²) in [5.41, 5.74) is 0.0648. The van der Waals surface area contributed by atoms with Crippen molar-refractivity contribution < 1.29 is 9.90 Å². The van der Waals surface area contributed by atoms with Crippen molar-refractivity contribution in [2.24, 2.45) is 0 Å². The molecule has 2 N–H and O–H groups in total. The number of halogens is 2. The number of hydrogen-bond acceptors (Lipinski definition) is 2. The van der Waals surface area contributed by atoms with E-state index in [2.05, 4.69) is 21.2 Å². The summed E-state index contributed by atoms with van der Waals surface area (Å²) in [4.78, 5) is 11.9. The molecule has 1 rings (SSSR count). The minimum Gasteiger partial charge on any atom is -0.507 e. The maximum atomic E-state index is 11.9. The first-order chi connectivity index (χ1) is 7.85. The molecule has 94 valence electrons. The van der Waals surface area contributed by atoms with Gasteiger partial charge in [-0.2, -0.15) is 0 Å². The van der Waals surface area contributed by atoms with Gasteiger partial charge in [0.15, 0.2) is 0 Å². The molecule has 17 heavy (non-hydrogen) atoms. The van der Waals surface area contributed by atoms with Crippen molar-refractivity contribution >= 4 is 33.4 Å². The van der Waals surface area contributed by atoms with Crippen LogP contribution in [0.4, 0.5) is 0 Å². The number of alkyl halides is 1. The van der Waals surface area contributed by atoms with E-state index in [1.54, 1.807) is 12.1 Å². The second-order valence-electron chi connectivity index (χ2n) is 4.44. The Bertz CT molecular complexity index is 421. The molecule has 0 spiro atoms. The van der Waals surface area contributed by atoms with Gasteiger partial charge < -0.3 is 10.4 Å². The van der Waals surface area contributed by atoms with E-state index in [0.29, 0.717) is 22.3 Å². The highest BCUT2D eigenvalue weighted by Gasteiger charge is 2.20. The molecule has 0 saturated heterocycles. The second-order valence-corrected chi connectivity index (χ2v) is 5.68. The number of phenolic OH excluding ortho intramolecular Hbond substituents is 1. The van der Waals surface area contributed by atoms with Crippen molar-refractivity contribution in [3.63, 3.8) is 0 Å². The van der Waals surface area contributed by atoms with Crippen LogP contribution in [0.1, 0.15) is 30.6 Å². The molecule has 0 atom stereocenters. The number of benzene rings is 1. The van der Waals surface area contributed by atoms with Crippen molar-refractivity contribution in [3.05, 3.63) is 28.2 Å². The standard InChI is InChI=1S/C12H15BrClNO2/c1-12(2,5-6-14)15-11(17)8-3-4-9(13)10(16)7-8/h3-4,7,16H,5-6H2,1-2H3,(H,15,17). The van der Waals surface area contributed by atoms with Crippen LogP contribution in [0.3, 0.4) is 0 Å². The Labute approximate surface area is 114 Å². The SMILES string of the molecule is CC(C)(CCCl)NC(=O)c1ccc(Br)c(O)c1. The maximum absolute atomic E-state index is 11.9. The Hall–Kier alpha value is -0.740. The molecular weight excluding hydrogens is 305 g/mol. The quantitative estimate of drug-likeness (QED) is 0.836. The largest absolute Gasteiger partial charge is 0.507 e. The van der Waals surface area contributed by atoms with E-state index in [9.17, 15) is 9.90 Å². The molecule has 0 bridgehead atoms. The molecule has 0 saturated carbocycles. The summed E-state index contributed by atoms with van der Waals surface area (Å²) in [6.07, 6.45) is 0.683. The van der Waals surface area contributed by atoms with Gasteiger partial charge in [-0.25, -0.2) is 0 Å². The third-order valence-corrected chi connectivity index (χ3v) is 3.24. The zero-order valence-corrected chi connectivity index (χ0v) is 12.1. The van der Waals surface area contributed by atoms with Gasteiger partial charge in [-0.05, 0) is 54.4 Å². The minimum absolute atomic E-state index is 0.0489. The monoisotopic (exact) mass is 319 g/mol. The lowest BCUT2D eigenvalue weighted by Crippen LogP contribution is -2.43. The molecule has 0 heterocycles. The summed E-state index contributed by atoms with van der Waals surface area (Å²) >= 11 is 8.83. The van der Waals surface area contributed by atoms with E-state index in [1.165, 1.54) is 6.07 Å². The number of nitrogens with one attached hydrogen (secondary N) is 1. The number of rotatable bonds is 4. The fourth-order valence-corrected chi connectivity index (χ4v) is 2.05. The summed E-state index contributed by atoms with van der Waals surface area (Å²) in [7, 11) is 0. The molecule has 0 fully saturated rings. The highest BCUT2D eigenvalue weighted by molar-refractivity contribution is 9.10. The average Bonchev–Trinajstić information content (AvgIpc) is 2.21. The lowest BCUT2D eigenvalue weighted by molar-refractivity contribution is 0.0911. The van der Waals surface area contributed by atoms with Gasteiger partial charge in [-0.3, -0.25) is 4.79 Å². The topological polar surface area (TPSA) is 49.3 Å². The Morgan fingerprint density at radius 2 is 2.18 bits per heavy atom. The molecule has 0 radical (unpaired) electrons. The van der Waals surface area contributed by atoms with Crippen molar-refractivity contribution in [1.82, 2.24) is 5.32 Å². The molecule has 1 aromatic carbocycles. The third-order valence-electron chi connectivity index (χ3n) is 2.38. The van der Waals surface area contributed by atoms with Crippen LogP contribution in [0.5, 0.6) is 5.75 Å². The Morgan fingerprint density at radius 3 is 2.71 bits per heavy atom. The Balaban J connectivity index is 2.80. The van der Waals surface area contributed by atoms with Crippen LogP contribution in [0.25, 0.3) is 0 Å². The zero-order chi connectivity index (χ0) is 13.1. The predicted molar refractivity (Wildman–Crippen MR) is 72.7 cm³/mol. The Morgan fingerprint density at radius 1 is 1.53 bits per heavy atom. The van der Waals surface area contributed by atoms with Gasteiger partial charge in [0.2, 0.25) is 0 Å². The minimum atomic E-state index is -0.360. The van der Waals surface area contributed by atoms with Gasteiger partial charge in [-0.15, -0.1) is 11.6 Å². The van der Waals surface area contributed by atoms with Crippen LogP contribution in [0.2, 0.25) is 0 Å². The summed E-state index contributed by atoms with van der Waals surface area (Å²) in [6, 6.07) is 4.71. The molecule has 0 aromatic heterocycles. The van der Waals surface area contributed by atoms with Gasteiger partial charge in [0, 0.05) is 17.0 Å². The Kier molecular flexibility index (Phi) is 4.83. The van der Waals surface area contributed by atoms with E-state index >= 15 is 0 Å². The lowest BCUT2D eigenvalue weighted by atomic mass is 10.0. The smallest absolute Gasteiger partial charge is 0.251 e. The highest BCUT2D eigenvalue weighted by atomic mass is 79.9. The molecule has 5 heteroatoms. The van der Waals surface area contributed by atoms with Crippen molar-refractivity contribution in [3.8, 4) is 5.75 Å². The van der Waals surface area contributed by atoms with Crippen LogP contribution in [-0.2, 0) is 0 Å². The van der Waals surface area contributed by atoms with Crippen molar-refractivity contribution in [1.29, 1.82) is 0 Å².